The van der Waals surface area contributed by atoms with Crippen molar-refractivity contribution in [3.05, 3.63) is 54.0 Å². The van der Waals surface area contributed by atoms with E-state index in [2.05, 4.69) is 25.5 Å². The topological polar surface area (TPSA) is 113 Å². The van der Waals surface area contributed by atoms with E-state index in [4.69, 9.17) is 5.73 Å². The van der Waals surface area contributed by atoms with E-state index in [0.29, 0.717) is 11.5 Å². The molecule has 2 saturated heterocycles. The van der Waals surface area contributed by atoms with Crippen molar-refractivity contribution < 1.29 is 9.59 Å². The predicted octanol–water partition coefficient (Wildman–Crippen LogP) is 1.01. The summed E-state index contributed by atoms with van der Waals surface area (Å²) in [5.74, 6) is 0.203. The van der Waals surface area contributed by atoms with Crippen LogP contribution in [0.1, 0.15) is 24.1 Å². The summed E-state index contributed by atoms with van der Waals surface area (Å²) in [5.41, 5.74) is 6.44. The molecule has 1 atom stereocenters. The van der Waals surface area contributed by atoms with Crippen molar-refractivity contribution in [2.24, 2.45) is 5.92 Å². The van der Waals surface area contributed by atoms with E-state index in [1.54, 1.807) is 24.5 Å². The van der Waals surface area contributed by atoms with Gasteiger partial charge in [-0.2, -0.15) is 0 Å². The molecule has 0 radical (unpaired) electrons. The second kappa shape index (κ2) is 6.96. The second-order valence-electron chi connectivity index (χ2n) is 7.03. The average molecular weight is 366 g/mol. The number of piperidine rings is 1. The maximum atomic E-state index is 12.8. The van der Waals surface area contributed by atoms with Crippen LogP contribution in [0.15, 0.2) is 42.7 Å². The number of hydrogen-bond donors (Lipinski definition) is 3. The van der Waals surface area contributed by atoms with Crippen molar-refractivity contribution in [1.82, 2.24) is 25.5 Å². The van der Waals surface area contributed by atoms with Crippen molar-refractivity contribution >= 4 is 17.8 Å². The van der Waals surface area contributed by atoms with Gasteiger partial charge in [-0.05, 0) is 50.0 Å². The number of carbonyl (C=O) groups excluding carboxylic acids is 2. The highest BCUT2D eigenvalue weighted by atomic mass is 16.2. The van der Waals surface area contributed by atoms with Crippen molar-refractivity contribution in [3.8, 4) is 0 Å². The molecule has 0 aromatic carbocycles. The Morgan fingerprint density at radius 1 is 1.11 bits per heavy atom. The van der Waals surface area contributed by atoms with Crippen LogP contribution in [0, 0.1) is 5.92 Å². The minimum atomic E-state index is -1.10. The Bertz CT molecular complexity index is 850. The number of nitrogen functional groups attached to an aromatic ring is 1. The largest absolute Gasteiger partial charge is 0.383 e. The van der Waals surface area contributed by atoms with Gasteiger partial charge in [-0.25, -0.2) is 9.78 Å². The van der Waals surface area contributed by atoms with Gasteiger partial charge in [-0.15, -0.1) is 0 Å². The first-order chi connectivity index (χ1) is 13.1. The molecule has 1 unspecified atom stereocenters. The zero-order valence-corrected chi connectivity index (χ0v) is 14.9. The molecule has 2 aromatic rings. The SMILES string of the molecule is Nc1ncccc1CN1CCC(C2(c3ccccn3)NC(=O)NC2=O)CC1. The quantitative estimate of drug-likeness (QED) is 0.696. The Morgan fingerprint density at radius 2 is 1.89 bits per heavy atom. The number of likely N-dealkylation sites (tertiary alicyclic amines) is 1. The van der Waals surface area contributed by atoms with Crippen LogP contribution < -0.4 is 16.4 Å². The molecule has 0 bridgehead atoms. The highest BCUT2D eigenvalue weighted by molar-refractivity contribution is 6.07. The fraction of sp³-hybridized carbons (Fsp3) is 0.368. The molecule has 2 aliphatic heterocycles. The van der Waals surface area contributed by atoms with Gasteiger partial charge in [0.25, 0.3) is 5.91 Å². The van der Waals surface area contributed by atoms with E-state index in [9.17, 15) is 9.59 Å². The summed E-state index contributed by atoms with van der Waals surface area (Å²) in [6.07, 6.45) is 4.87. The lowest BCUT2D eigenvalue weighted by Gasteiger charge is -2.40. The molecule has 4 heterocycles. The van der Waals surface area contributed by atoms with Gasteiger partial charge in [0, 0.05) is 24.5 Å². The standard InChI is InChI=1S/C19H22N6O2/c20-16-13(4-3-9-22-16)12-25-10-6-14(7-11-25)19(15-5-1-2-8-21-15)17(26)23-18(27)24-19/h1-5,8-9,14H,6-7,10-12H2,(H2,20,22)(H2,23,24,26,27). The molecule has 8 heteroatoms. The summed E-state index contributed by atoms with van der Waals surface area (Å²) in [6, 6.07) is 8.83. The molecule has 2 aliphatic rings. The van der Waals surface area contributed by atoms with Crippen molar-refractivity contribution in [2.45, 2.75) is 24.9 Å². The molecule has 0 spiro atoms. The Hall–Kier alpha value is -3.00. The van der Waals surface area contributed by atoms with E-state index >= 15 is 0 Å². The number of nitrogens with zero attached hydrogens (tertiary/aromatic N) is 3. The summed E-state index contributed by atoms with van der Waals surface area (Å²) in [6.45, 7) is 2.33. The molecular formula is C19H22N6O2. The lowest BCUT2D eigenvalue weighted by Crippen LogP contribution is -2.53. The van der Waals surface area contributed by atoms with Crippen LogP contribution in [0.5, 0.6) is 0 Å². The molecule has 2 fully saturated rings. The van der Waals surface area contributed by atoms with Crippen LogP contribution in [0.25, 0.3) is 0 Å². The number of nitrogens with one attached hydrogen (secondary N) is 2. The van der Waals surface area contributed by atoms with Crippen molar-refractivity contribution in [1.29, 1.82) is 0 Å². The van der Waals surface area contributed by atoms with Gasteiger partial charge >= 0.3 is 6.03 Å². The number of pyridine rings is 2. The maximum absolute atomic E-state index is 12.8. The Labute approximate surface area is 157 Å². The van der Waals surface area contributed by atoms with Crippen molar-refractivity contribution in [2.75, 3.05) is 18.8 Å². The normalized spacial score (nSPS) is 23.9. The minimum Gasteiger partial charge on any atom is -0.383 e. The number of aromatic nitrogens is 2. The van der Waals surface area contributed by atoms with Gasteiger partial charge in [-0.3, -0.25) is 20.0 Å². The number of amides is 3. The van der Waals surface area contributed by atoms with E-state index in [1.807, 2.05) is 18.2 Å². The Balaban J connectivity index is 1.52. The lowest BCUT2D eigenvalue weighted by molar-refractivity contribution is -0.127. The van der Waals surface area contributed by atoms with Crippen LogP contribution in [-0.2, 0) is 16.9 Å². The third-order valence-electron chi connectivity index (χ3n) is 5.48. The minimum absolute atomic E-state index is 0.0265. The van der Waals surface area contributed by atoms with E-state index in [0.717, 1.165) is 38.0 Å². The van der Waals surface area contributed by atoms with Gasteiger partial charge in [0.15, 0.2) is 5.54 Å². The molecule has 140 valence electrons. The first-order valence-electron chi connectivity index (χ1n) is 9.06. The molecule has 4 rings (SSSR count). The summed E-state index contributed by atoms with van der Waals surface area (Å²) in [5, 5.41) is 5.26. The molecule has 0 aliphatic carbocycles. The monoisotopic (exact) mass is 366 g/mol. The first-order valence-corrected chi connectivity index (χ1v) is 9.06. The highest BCUT2D eigenvalue weighted by Crippen LogP contribution is 2.38. The highest BCUT2D eigenvalue weighted by Gasteiger charge is 2.54. The first kappa shape index (κ1) is 17.4. The van der Waals surface area contributed by atoms with E-state index < -0.39 is 11.6 Å². The molecule has 8 nitrogen and oxygen atoms in total. The van der Waals surface area contributed by atoms with Gasteiger partial charge in [0.2, 0.25) is 0 Å². The predicted molar refractivity (Wildman–Crippen MR) is 99.2 cm³/mol. The summed E-state index contributed by atoms with van der Waals surface area (Å²) in [4.78, 5) is 35.5. The average Bonchev–Trinajstić information content (AvgIpc) is 3.00. The third kappa shape index (κ3) is 3.12. The molecular weight excluding hydrogens is 344 g/mol. The molecule has 3 amide bonds. The number of carbonyl (C=O) groups is 2. The zero-order valence-electron chi connectivity index (χ0n) is 14.9. The molecule has 0 saturated carbocycles. The lowest BCUT2D eigenvalue weighted by atomic mass is 9.75. The van der Waals surface area contributed by atoms with Gasteiger partial charge in [0.1, 0.15) is 5.82 Å². The van der Waals surface area contributed by atoms with Crippen LogP contribution in [0.2, 0.25) is 0 Å². The number of imide groups is 1. The van der Waals surface area contributed by atoms with Gasteiger partial charge in [-0.1, -0.05) is 12.1 Å². The zero-order chi connectivity index (χ0) is 18.9. The van der Waals surface area contributed by atoms with Crippen LogP contribution in [0.4, 0.5) is 10.6 Å². The fourth-order valence-corrected chi connectivity index (χ4v) is 4.09. The fourth-order valence-electron chi connectivity index (χ4n) is 4.09. The number of hydrogen-bond acceptors (Lipinski definition) is 6. The summed E-state index contributed by atoms with van der Waals surface area (Å²) in [7, 11) is 0. The smallest absolute Gasteiger partial charge is 0.322 e. The van der Waals surface area contributed by atoms with Crippen molar-refractivity contribution in [3.63, 3.8) is 0 Å². The van der Waals surface area contributed by atoms with Gasteiger partial charge < -0.3 is 11.1 Å². The molecule has 4 N–H and O–H groups in total. The van der Waals surface area contributed by atoms with Gasteiger partial charge in [0.05, 0.1) is 5.69 Å². The van der Waals surface area contributed by atoms with Crippen LogP contribution in [-0.4, -0.2) is 39.9 Å². The molecule has 27 heavy (non-hydrogen) atoms. The Morgan fingerprint density at radius 3 is 2.52 bits per heavy atom. The van der Waals surface area contributed by atoms with E-state index in [1.165, 1.54) is 0 Å². The number of rotatable bonds is 4. The van der Waals surface area contributed by atoms with Crippen LogP contribution in [0.3, 0.4) is 0 Å². The second-order valence-corrected chi connectivity index (χ2v) is 7.03. The third-order valence-corrected chi connectivity index (χ3v) is 5.48. The van der Waals surface area contributed by atoms with Crippen LogP contribution >= 0.6 is 0 Å². The summed E-state index contributed by atoms with van der Waals surface area (Å²) >= 11 is 0. The number of anilines is 1. The number of nitrogens with two attached hydrogens (primary N) is 1. The summed E-state index contributed by atoms with van der Waals surface area (Å²) < 4.78 is 0. The number of urea groups is 1. The Kier molecular flexibility index (Phi) is 4.49. The van der Waals surface area contributed by atoms with E-state index in [-0.39, 0.29) is 11.8 Å². The maximum Gasteiger partial charge on any atom is 0.322 e. The molecule has 2 aromatic heterocycles.